The van der Waals surface area contributed by atoms with Gasteiger partial charge in [-0.15, -0.1) is 0 Å². The van der Waals surface area contributed by atoms with Crippen LogP contribution in [0.1, 0.15) is 28.1 Å². The van der Waals surface area contributed by atoms with E-state index in [1.807, 2.05) is 45.0 Å². The molecular weight excluding hydrogens is 358 g/mol. The molecule has 2 aromatic heterocycles. The van der Waals surface area contributed by atoms with Crippen LogP contribution in [0, 0.1) is 20.8 Å². The Balaban J connectivity index is 1.52. The van der Waals surface area contributed by atoms with Crippen molar-refractivity contribution in [3.05, 3.63) is 64.8 Å². The van der Waals surface area contributed by atoms with E-state index in [4.69, 9.17) is 4.52 Å². The number of hydrogen-bond donors (Lipinski definition) is 0. The lowest BCUT2D eigenvalue weighted by Gasteiger charge is -2.17. The number of aromatic nitrogens is 3. The molecule has 0 aliphatic carbocycles. The van der Waals surface area contributed by atoms with Crippen molar-refractivity contribution in [3.63, 3.8) is 0 Å². The third kappa shape index (κ3) is 3.17. The molecule has 0 atom stereocenters. The fourth-order valence-electron chi connectivity index (χ4n) is 3.37. The van der Waals surface area contributed by atoms with Gasteiger partial charge in [0.1, 0.15) is 12.3 Å². The molecule has 144 valence electrons. The fraction of sp³-hybridized carbons (Fsp3) is 0.300. The third-order valence-corrected chi connectivity index (χ3v) is 5.04. The van der Waals surface area contributed by atoms with E-state index in [0.717, 1.165) is 28.1 Å². The average molecular weight is 379 g/mol. The molecule has 8 nitrogen and oxygen atoms in total. The summed E-state index contributed by atoms with van der Waals surface area (Å²) in [6, 6.07) is 7.52. The van der Waals surface area contributed by atoms with Crippen molar-refractivity contribution in [2.24, 2.45) is 0 Å². The number of urea groups is 1. The summed E-state index contributed by atoms with van der Waals surface area (Å²) in [5, 5.41) is 8.23. The van der Waals surface area contributed by atoms with E-state index < -0.39 is 0 Å². The Morgan fingerprint density at radius 2 is 1.89 bits per heavy atom. The van der Waals surface area contributed by atoms with Crippen molar-refractivity contribution in [2.75, 3.05) is 11.4 Å². The highest BCUT2D eigenvalue weighted by Gasteiger charge is 2.37. The van der Waals surface area contributed by atoms with Crippen LogP contribution in [0.2, 0.25) is 0 Å². The zero-order chi connectivity index (χ0) is 19.8. The normalized spacial score (nSPS) is 14.4. The molecule has 0 N–H and O–H groups in total. The van der Waals surface area contributed by atoms with Gasteiger partial charge in [0.2, 0.25) is 0 Å². The van der Waals surface area contributed by atoms with Crippen molar-refractivity contribution in [3.8, 4) is 0 Å². The van der Waals surface area contributed by atoms with E-state index in [-0.39, 0.29) is 18.5 Å². The van der Waals surface area contributed by atoms with Crippen molar-refractivity contribution in [1.29, 1.82) is 0 Å². The molecule has 4 rings (SSSR count). The average Bonchev–Trinajstić information content (AvgIpc) is 3.32. The van der Waals surface area contributed by atoms with Gasteiger partial charge in [0, 0.05) is 18.3 Å². The molecule has 28 heavy (non-hydrogen) atoms. The van der Waals surface area contributed by atoms with Gasteiger partial charge in [0.25, 0.3) is 5.91 Å². The number of nitrogens with zero attached hydrogens (tertiary/aromatic N) is 5. The van der Waals surface area contributed by atoms with Crippen LogP contribution in [0.3, 0.4) is 0 Å². The van der Waals surface area contributed by atoms with Gasteiger partial charge in [-0.25, -0.2) is 9.69 Å². The number of aryl methyl sites for hydroxylation is 3. The Morgan fingerprint density at radius 3 is 2.61 bits per heavy atom. The summed E-state index contributed by atoms with van der Waals surface area (Å²) in [5.41, 5.74) is 4.32. The van der Waals surface area contributed by atoms with Crippen LogP contribution < -0.4 is 4.90 Å². The Morgan fingerprint density at radius 1 is 1.11 bits per heavy atom. The minimum absolute atomic E-state index is 0.0578. The molecule has 8 heteroatoms. The maximum absolute atomic E-state index is 12.8. The Labute approximate surface area is 162 Å². The first-order valence-corrected chi connectivity index (χ1v) is 9.04. The maximum Gasteiger partial charge on any atom is 0.332 e. The highest BCUT2D eigenvalue weighted by Crippen LogP contribution is 2.24. The third-order valence-electron chi connectivity index (χ3n) is 5.04. The molecule has 1 fully saturated rings. The van der Waals surface area contributed by atoms with Gasteiger partial charge in [-0.1, -0.05) is 29.4 Å². The Kier molecular flexibility index (Phi) is 4.46. The molecular formula is C20H21N5O3. The summed E-state index contributed by atoms with van der Waals surface area (Å²) in [7, 11) is 0. The monoisotopic (exact) mass is 379 g/mol. The van der Waals surface area contributed by atoms with Gasteiger partial charge in [0.05, 0.1) is 24.1 Å². The molecule has 1 aliphatic heterocycles. The van der Waals surface area contributed by atoms with Gasteiger partial charge in [-0.3, -0.25) is 9.48 Å². The number of benzene rings is 1. The second kappa shape index (κ2) is 6.95. The lowest BCUT2D eigenvalue weighted by atomic mass is 10.1. The van der Waals surface area contributed by atoms with Gasteiger partial charge < -0.3 is 9.42 Å². The van der Waals surface area contributed by atoms with E-state index in [1.165, 1.54) is 11.1 Å². The van der Waals surface area contributed by atoms with E-state index in [1.54, 1.807) is 15.8 Å². The first kappa shape index (κ1) is 18.0. The largest absolute Gasteiger partial charge is 0.361 e. The molecule has 1 aromatic carbocycles. The number of anilines is 1. The topological polar surface area (TPSA) is 84.5 Å². The van der Waals surface area contributed by atoms with E-state index in [2.05, 4.69) is 10.3 Å². The molecule has 1 saturated heterocycles. The van der Waals surface area contributed by atoms with Crippen LogP contribution in [-0.2, 0) is 17.9 Å². The van der Waals surface area contributed by atoms with Crippen LogP contribution in [-0.4, -0.2) is 38.3 Å². The number of imide groups is 1. The fourth-order valence-corrected chi connectivity index (χ4v) is 3.37. The summed E-state index contributed by atoms with van der Waals surface area (Å²) >= 11 is 0. The molecule has 0 bridgehead atoms. The van der Waals surface area contributed by atoms with Crippen molar-refractivity contribution < 1.29 is 14.1 Å². The molecule has 3 heterocycles. The number of carbonyl (C=O) groups is 2. The van der Waals surface area contributed by atoms with Crippen LogP contribution in [0.15, 0.2) is 41.2 Å². The second-order valence-corrected chi connectivity index (χ2v) is 6.99. The van der Waals surface area contributed by atoms with Crippen LogP contribution >= 0.6 is 0 Å². The SMILES string of the molecule is Cc1ccccc1CN1CC(=O)N(c2cnn(Cc3c(C)noc3C)c2)C1=O. The van der Waals surface area contributed by atoms with Gasteiger partial charge in [0.15, 0.2) is 0 Å². The Hall–Kier alpha value is -3.42. The van der Waals surface area contributed by atoms with Crippen molar-refractivity contribution >= 4 is 17.6 Å². The summed E-state index contributed by atoms with van der Waals surface area (Å²) in [6.45, 7) is 6.63. The van der Waals surface area contributed by atoms with Crippen LogP contribution in [0.4, 0.5) is 10.5 Å². The molecule has 0 radical (unpaired) electrons. The zero-order valence-electron chi connectivity index (χ0n) is 16.0. The van der Waals surface area contributed by atoms with E-state index >= 15 is 0 Å². The lowest BCUT2D eigenvalue weighted by Crippen LogP contribution is -2.32. The first-order valence-electron chi connectivity index (χ1n) is 9.04. The van der Waals surface area contributed by atoms with E-state index in [9.17, 15) is 9.59 Å². The van der Waals surface area contributed by atoms with Gasteiger partial charge in [-0.05, 0) is 31.9 Å². The smallest absolute Gasteiger partial charge is 0.332 e. The van der Waals surface area contributed by atoms with Gasteiger partial charge in [-0.2, -0.15) is 5.10 Å². The summed E-state index contributed by atoms with van der Waals surface area (Å²) in [4.78, 5) is 28.1. The highest BCUT2D eigenvalue weighted by atomic mass is 16.5. The molecule has 1 aliphatic rings. The molecule has 0 unspecified atom stereocenters. The quantitative estimate of drug-likeness (QED) is 0.637. The van der Waals surface area contributed by atoms with Gasteiger partial charge >= 0.3 is 6.03 Å². The highest BCUT2D eigenvalue weighted by molar-refractivity contribution is 6.19. The predicted molar refractivity (Wildman–Crippen MR) is 102 cm³/mol. The minimum atomic E-state index is -0.329. The van der Waals surface area contributed by atoms with E-state index in [0.29, 0.717) is 18.8 Å². The molecule has 3 amide bonds. The summed E-state index contributed by atoms with van der Waals surface area (Å²) in [6.07, 6.45) is 3.23. The molecule has 3 aromatic rings. The van der Waals surface area contributed by atoms with Crippen LogP contribution in [0.5, 0.6) is 0 Å². The number of hydrogen-bond acceptors (Lipinski definition) is 5. The predicted octanol–water partition coefficient (Wildman–Crippen LogP) is 2.81. The molecule has 0 saturated carbocycles. The summed E-state index contributed by atoms with van der Waals surface area (Å²) < 4.78 is 6.85. The Bertz CT molecular complexity index is 1030. The maximum atomic E-state index is 12.8. The molecule has 0 spiro atoms. The number of carbonyl (C=O) groups excluding carboxylic acids is 2. The number of amides is 3. The lowest BCUT2D eigenvalue weighted by molar-refractivity contribution is -0.116. The van der Waals surface area contributed by atoms with Crippen molar-refractivity contribution in [2.45, 2.75) is 33.9 Å². The summed E-state index contributed by atoms with van der Waals surface area (Å²) in [5.74, 6) is 0.475. The number of rotatable bonds is 5. The zero-order valence-corrected chi connectivity index (χ0v) is 16.0. The second-order valence-electron chi connectivity index (χ2n) is 6.99. The van der Waals surface area contributed by atoms with Crippen molar-refractivity contribution in [1.82, 2.24) is 19.8 Å². The van der Waals surface area contributed by atoms with Crippen LogP contribution in [0.25, 0.3) is 0 Å². The standard InChI is InChI=1S/C20H21N5O3/c1-13-6-4-5-7-16(13)9-23-12-19(26)25(20(23)27)17-8-21-24(10-17)11-18-14(2)22-28-15(18)3/h4-8,10H,9,11-12H2,1-3H3. The minimum Gasteiger partial charge on any atom is -0.361 e. The first-order chi connectivity index (χ1) is 13.4.